The van der Waals surface area contributed by atoms with Gasteiger partial charge in [-0.25, -0.2) is 0 Å². The Bertz CT molecular complexity index is 381. The number of rotatable bonds is 4. The Kier molecular flexibility index (Phi) is 5.10. The van der Waals surface area contributed by atoms with E-state index in [1.165, 1.54) is 29.2 Å². The SMILES string of the molecule is Cc1ccccc1C(N)CCN1CCSCC1C. The molecule has 100 valence electrons. The van der Waals surface area contributed by atoms with E-state index in [9.17, 15) is 0 Å². The molecule has 0 radical (unpaired) electrons. The van der Waals surface area contributed by atoms with Crippen LogP contribution < -0.4 is 5.73 Å². The number of hydrogen-bond acceptors (Lipinski definition) is 3. The molecule has 1 aliphatic heterocycles. The van der Waals surface area contributed by atoms with Crippen molar-refractivity contribution in [3.63, 3.8) is 0 Å². The molecule has 3 heteroatoms. The van der Waals surface area contributed by atoms with Crippen LogP contribution in [0.25, 0.3) is 0 Å². The van der Waals surface area contributed by atoms with Crippen molar-refractivity contribution < 1.29 is 0 Å². The fraction of sp³-hybridized carbons (Fsp3) is 0.600. The van der Waals surface area contributed by atoms with Crippen LogP contribution in [-0.4, -0.2) is 35.5 Å². The fourth-order valence-corrected chi connectivity index (χ4v) is 3.64. The average molecular weight is 264 g/mol. The molecule has 1 heterocycles. The first-order chi connectivity index (χ1) is 8.68. The summed E-state index contributed by atoms with van der Waals surface area (Å²) in [6, 6.07) is 9.35. The molecule has 2 unspecified atom stereocenters. The summed E-state index contributed by atoms with van der Waals surface area (Å²) in [4.78, 5) is 2.58. The second kappa shape index (κ2) is 6.60. The molecule has 1 aromatic carbocycles. The monoisotopic (exact) mass is 264 g/mol. The lowest BCUT2D eigenvalue weighted by molar-refractivity contribution is 0.224. The molecule has 2 rings (SSSR count). The van der Waals surface area contributed by atoms with Crippen molar-refractivity contribution in [2.75, 3.05) is 24.6 Å². The van der Waals surface area contributed by atoms with Crippen molar-refractivity contribution in [2.45, 2.75) is 32.4 Å². The number of aryl methyl sites for hydroxylation is 1. The van der Waals surface area contributed by atoms with Crippen LogP contribution in [-0.2, 0) is 0 Å². The van der Waals surface area contributed by atoms with Gasteiger partial charge >= 0.3 is 0 Å². The standard InChI is InChI=1S/C15H24N2S/c1-12-5-3-4-6-14(12)15(16)7-8-17-9-10-18-11-13(17)2/h3-6,13,15H,7-11,16H2,1-2H3. The molecule has 2 nitrogen and oxygen atoms in total. The van der Waals surface area contributed by atoms with E-state index in [4.69, 9.17) is 5.73 Å². The van der Waals surface area contributed by atoms with Gasteiger partial charge in [0.25, 0.3) is 0 Å². The van der Waals surface area contributed by atoms with E-state index in [-0.39, 0.29) is 6.04 Å². The van der Waals surface area contributed by atoms with Crippen LogP contribution in [0.2, 0.25) is 0 Å². The van der Waals surface area contributed by atoms with Crippen LogP contribution in [0.5, 0.6) is 0 Å². The quantitative estimate of drug-likeness (QED) is 0.907. The molecule has 2 N–H and O–H groups in total. The number of hydrogen-bond donors (Lipinski definition) is 1. The molecule has 1 saturated heterocycles. The Morgan fingerprint density at radius 1 is 1.44 bits per heavy atom. The van der Waals surface area contributed by atoms with Gasteiger partial charge < -0.3 is 5.73 Å². The molecule has 1 aromatic rings. The summed E-state index contributed by atoms with van der Waals surface area (Å²) in [5, 5.41) is 0. The summed E-state index contributed by atoms with van der Waals surface area (Å²) in [6.07, 6.45) is 1.06. The molecule has 1 aliphatic rings. The van der Waals surface area contributed by atoms with Gasteiger partial charge in [0, 0.05) is 36.7 Å². The zero-order valence-electron chi connectivity index (χ0n) is 11.4. The number of nitrogens with zero attached hydrogens (tertiary/aromatic N) is 1. The Morgan fingerprint density at radius 2 is 2.22 bits per heavy atom. The Balaban J connectivity index is 1.88. The van der Waals surface area contributed by atoms with E-state index in [1.807, 2.05) is 0 Å². The maximum Gasteiger partial charge on any atom is 0.0309 e. The molecule has 0 bridgehead atoms. The molecule has 18 heavy (non-hydrogen) atoms. The first-order valence-corrected chi connectivity index (χ1v) is 7.97. The smallest absolute Gasteiger partial charge is 0.0309 e. The van der Waals surface area contributed by atoms with Crippen molar-refractivity contribution in [2.24, 2.45) is 5.73 Å². The second-order valence-electron chi connectivity index (χ2n) is 5.21. The van der Waals surface area contributed by atoms with Gasteiger partial charge in [-0.05, 0) is 31.4 Å². The van der Waals surface area contributed by atoms with Crippen LogP contribution in [0.4, 0.5) is 0 Å². The minimum Gasteiger partial charge on any atom is -0.324 e. The highest BCUT2D eigenvalue weighted by Gasteiger charge is 2.19. The molecule has 1 fully saturated rings. The summed E-state index contributed by atoms with van der Waals surface area (Å²) in [5.41, 5.74) is 8.94. The fourth-order valence-electron chi connectivity index (χ4n) is 2.56. The molecule has 0 saturated carbocycles. The maximum atomic E-state index is 6.33. The van der Waals surface area contributed by atoms with E-state index >= 15 is 0 Å². The predicted molar refractivity (Wildman–Crippen MR) is 81.1 cm³/mol. The minimum absolute atomic E-state index is 0.174. The summed E-state index contributed by atoms with van der Waals surface area (Å²) in [7, 11) is 0. The molecule has 0 aliphatic carbocycles. The van der Waals surface area contributed by atoms with E-state index in [1.54, 1.807) is 0 Å². The zero-order chi connectivity index (χ0) is 13.0. The summed E-state index contributed by atoms with van der Waals surface area (Å²) in [6.45, 7) is 6.81. The Hall–Kier alpha value is -0.510. The summed E-state index contributed by atoms with van der Waals surface area (Å²) in [5.74, 6) is 2.53. The van der Waals surface area contributed by atoms with Crippen molar-refractivity contribution in [1.82, 2.24) is 4.90 Å². The number of nitrogens with two attached hydrogens (primary N) is 1. The van der Waals surface area contributed by atoms with Gasteiger partial charge in [-0.3, -0.25) is 4.90 Å². The minimum atomic E-state index is 0.174. The average Bonchev–Trinajstić information content (AvgIpc) is 2.38. The van der Waals surface area contributed by atoms with E-state index in [0.29, 0.717) is 6.04 Å². The predicted octanol–water partition coefficient (Wildman–Crippen LogP) is 2.82. The van der Waals surface area contributed by atoms with Gasteiger partial charge in [-0.2, -0.15) is 11.8 Å². The van der Waals surface area contributed by atoms with Gasteiger partial charge in [-0.1, -0.05) is 24.3 Å². The van der Waals surface area contributed by atoms with E-state index < -0.39 is 0 Å². The third kappa shape index (κ3) is 3.50. The van der Waals surface area contributed by atoms with Gasteiger partial charge in [0.15, 0.2) is 0 Å². The van der Waals surface area contributed by atoms with Crippen molar-refractivity contribution in [3.8, 4) is 0 Å². The van der Waals surface area contributed by atoms with Gasteiger partial charge in [0.05, 0.1) is 0 Å². The summed E-state index contributed by atoms with van der Waals surface area (Å²) >= 11 is 2.07. The lowest BCUT2D eigenvalue weighted by Gasteiger charge is -2.33. The normalized spacial score (nSPS) is 22.9. The highest BCUT2D eigenvalue weighted by atomic mass is 32.2. The number of thioether (sulfide) groups is 1. The van der Waals surface area contributed by atoms with Gasteiger partial charge in [0.2, 0.25) is 0 Å². The molecule has 0 aromatic heterocycles. The highest BCUT2D eigenvalue weighted by Crippen LogP contribution is 2.21. The van der Waals surface area contributed by atoms with Crippen LogP contribution >= 0.6 is 11.8 Å². The highest BCUT2D eigenvalue weighted by molar-refractivity contribution is 7.99. The largest absolute Gasteiger partial charge is 0.324 e. The molecular weight excluding hydrogens is 240 g/mol. The van der Waals surface area contributed by atoms with Gasteiger partial charge in [-0.15, -0.1) is 0 Å². The van der Waals surface area contributed by atoms with Crippen LogP contribution in [0.15, 0.2) is 24.3 Å². The van der Waals surface area contributed by atoms with Crippen LogP contribution in [0.1, 0.15) is 30.5 Å². The van der Waals surface area contributed by atoms with E-state index in [2.05, 4.69) is 54.8 Å². The van der Waals surface area contributed by atoms with Crippen LogP contribution in [0, 0.1) is 6.92 Å². The lowest BCUT2D eigenvalue weighted by atomic mass is 9.99. The molecule has 0 amide bonds. The lowest BCUT2D eigenvalue weighted by Crippen LogP contribution is -2.41. The first-order valence-electron chi connectivity index (χ1n) is 6.81. The number of benzene rings is 1. The van der Waals surface area contributed by atoms with Gasteiger partial charge in [0.1, 0.15) is 0 Å². The third-order valence-electron chi connectivity index (χ3n) is 3.82. The Labute approximate surface area is 115 Å². The maximum absolute atomic E-state index is 6.33. The van der Waals surface area contributed by atoms with Crippen LogP contribution in [0.3, 0.4) is 0 Å². The molecular formula is C15H24N2S. The van der Waals surface area contributed by atoms with Crippen molar-refractivity contribution in [3.05, 3.63) is 35.4 Å². The topological polar surface area (TPSA) is 29.3 Å². The van der Waals surface area contributed by atoms with E-state index in [0.717, 1.165) is 13.0 Å². The first kappa shape index (κ1) is 13.9. The molecule has 0 spiro atoms. The summed E-state index contributed by atoms with van der Waals surface area (Å²) < 4.78 is 0. The second-order valence-corrected chi connectivity index (χ2v) is 6.36. The Morgan fingerprint density at radius 3 is 2.94 bits per heavy atom. The van der Waals surface area contributed by atoms with Crippen molar-refractivity contribution >= 4 is 11.8 Å². The zero-order valence-corrected chi connectivity index (χ0v) is 12.2. The third-order valence-corrected chi connectivity index (χ3v) is 5.01. The molecule has 2 atom stereocenters. The van der Waals surface area contributed by atoms with Crippen molar-refractivity contribution in [1.29, 1.82) is 0 Å².